The van der Waals surface area contributed by atoms with Gasteiger partial charge >= 0.3 is 6.18 Å². The zero-order valence-electron chi connectivity index (χ0n) is 19.0. The highest BCUT2D eigenvalue weighted by Crippen LogP contribution is 2.38. The molecule has 0 unspecified atom stereocenters. The summed E-state index contributed by atoms with van der Waals surface area (Å²) in [5, 5.41) is 22.7. The Morgan fingerprint density at radius 1 is 1.19 bits per heavy atom. The molecule has 0 spiro atoms. The van der Waals surface area contributed by atoms with E-state index in [0.717, 1.165) is 18.2 Å². The van der Waals surface area contributed by atoms with Crippen molar-refractivity contribution in [3.8, 4) is 17.6 Å². The van der Waals surface area contributed by atoms with Crippen LogP contribution in [0.3, 0.4) is 0 Å². The summed E-state index contributed by atoms with van der Waals surface area (Å²) in [7, 11) is 1.34. The molecule has 12 heteroatoms. The van der Waals surface area contributed by atoms with Gasteiger partial charge < -0.3 is 14.8 Å². The number of nitro benzene ring substituents is 1. The minimum atomic E-state index is -4.60. The molecule has 3 aromatic carbocycles. The maximum absolute atomic E-state index is 12.9. The van der Waals surface area contributed by atoms with Gasteiger partial charge in [0, 0.05) is 17.8 Å². The lowest BCUT2D eigenvalue weighted by molar-refractivity contribution is -0.384. The summed E-state index contributed by atoms with van der Waals surface area (Å²) < 4.78 is 49.8. The van der Waals surface area contributed by atoms with Crippen molar-refractivity contribution in [3.63, 3.8) is 0 Å². The van der Waals surface area contributed by atoms with E-state index in [-0.39, 0.29) is 40.1 Å². The topological polar surface area (TPSA) is 114 Å². The fraction of sp³-hybridized carbons (Fsp3) is 0.120. The van der Waals surface area contributed by atoms with Crippen LogP contribution in [0, 0.1) is 21.4 Å². The van der Waals surface area contributed by atoms with Gasteiger partial charge in [0.1, 0.15) is 18.2 Å². The van der Waals surface area contributed by atoms with Gasteiger partial charge in [0.05, 0.1) is 22.6 Å². The Bertz CT molecular complexity index is 1420. The molecule has 0 saturated heterocycles. The SMILES string of the molecule is COc1cc(/C=C(\C#N)C(=O)Nc2cccc(C(F)(F)F)c2)cc(Cl)c1OCc1cccc([N+](=O)[O-])c1. The number of non-ortho nitro benzene ring substituents is 1. The zero-order chi connectivity index (χ0) is 27.2. The van der Waals surface area contributed by atoms with Crippen LogP contribution >= 0.6 is 11.6 Å². The largest absolute Gasteiger partial charge is 0.493 e. The second-order valence-corrected chi connectivity index (χ2v) is 7.86. The van der Waals surface area contributed by atoms with E-state index in [1.807, 2.05) is 0 Å². The summed E-state index contributed by atoms with van der Waals surface area (Å²) in [6.45, 7) is -0.0597. The van der Waals surface area contributed by atoms with Crippen LogP contribution in [0.1, 0.15) is 16.7 Å². The first-order chi connectivity index (χ1) is 17.5. The first-order valence-electron chi connectivity index (χ1n) is 10.4. The molecule has 0 aliphatic rings. The highest BCUT2D eigenvalue weighted by atomic mass is 35.5. The number of nitro groups is 1. The molecule has 37 heavy (non-hydrogen) atoms. The van der Waals surface area contributed by atoms with Crippen LogP contribution in [0.4, 0.5) is 24.5 Å². The van der Waals surface area contributed by atoms with Crippen LogP contribution in [0.25, 0.3) is 6.08 Å². The van der Waals surface area contributed by atoms with Crippen LogP contribution < -0.4 is 14.8 Å². The average Bonchev–Trinajstić information content (AvgIpc) is 2.86. The van der Waals surface area contributed by atoms with E-state index >= 15 is 0 Å². The minimum Gasteiger partial charge on any atom is -0.493 e. The van der Waals surface area contributed by atoms with Gasteiger partial charge in [-0.05, 0) is 47.5 Å². The Hall–Kier alpha value is -4.56. The molecular formula is C25H17ClF3N3O5. The van der Waals surface area contributed by atoms with Crippen molar-refractivity contribution in [1.29, 1.82) is 5.26 Å². The van der Waals surface area contributed by atoms with E-state index in [2.05, 4.69) is 5.32 Å². The molecular weight excluding hydrogens is 515 g/mol. The molecule has 0 saturated carbocycles. The van der Waals surface area contributed by atoms with Gasteiger partial charge in [-0.25, -0.2) is 0 Å². The van der Waals surface area contributed by atoms with E-state index in [9.17, 15) is 33.3 Å². The van der Waals surface area contributed by atoms with Gasteiger partial charge in [0.25, 0.3) is 11.6 Å². The number of ether oxygens (including phenoxy) is 2. The monoisotopic (exact) mass is 531 g/mol. The number of carbonyl (C=O) groups is 1. The lowest BCUT2D eigenvalue weighted by atomic mass is 10.1. The Balaban J connectivity index is 1.82. The number of carbonyl (C=O) groups excluding carboxylic acids is 1. The van der Waals surface area contributed by atoms with Crippen molar-refractivity contribution in [2.24, 2.45) is 0 Å². The number of alkyl halides is 3. The van der Waals surface area contributed by atoms with E-state index in [1.54, 1.807) is 12.1 Å². The quantitative estimate of drug-likeness (QED) is 0.156. The van der Waals surface area contributed by atoms with Crippen LogP contribution in [-0.4, -0.2) is 17.9 Å². The molecule has 0 bridgehead atoms. The Morgan fingerprint density at radius 3 is 2.57 bits per heavy atom. The molecule has 190 valence electrons. The molecule has 0 heterocycles. The number of nitriles is 1. The van der Waals surface area contributed by atoms with Crippen LogP contribution in [-0.2, 0) is 17.6 Å². The second kappa shape index (κ2) is 11.5. The van der Waals surface area contributed by atoms with Crippen molar-refractivity contribution >= 4 is 35.0 Å². The standard InChI is InChI=1S/C25H17ClF3N3O5/c1-36-22-11-16(10-21(26)23(22)37-14-15-4-2-7-20(9-15)32(34)35)8-17(13-30)24(33)31-19-6-3-5-18(12-19)25(27,28)29/h2-12H,14H2,1H3,(H,31,33)/b17-8+. The van der Waals surface area contributed by atoms with E-state index < -0.39 is 28.1 Å². The van der Waals surface area contributed by atoms with Gasteiger partial charge in [-0.1, -0.05) is 29.8 Å². The van der Waals surface area contributed by atoms with Gasteiger partial charge in [-0.3, -0.25) is 14.9 Å². The Labute approximate surface area is 213 Å². The summed E-state index contributed by atoms with van der Waals surface area (Å²) in [5.74, 6) is -0.651. The number of benzene rings is 3. The fourth-order valence-corrected chi connectivity index (χ4v) is 3.44. The number of rotatable bonds is 8. The predicted molar refractivity (Wildman–Crippen MR) is 129 cm³/mol. The number of amides is 1. The van der Waals surface area contributed by atoms with Crippen molar-refractivity contribution in [2.75, 3.05) is 12.4 Å². The van der Waals surface area contributed by atoms with Gasteiger partial charge in [-0.2, -0.15) is 18.4 Å². The van der Waals surface area contributed by atoms with Gasteiger partial charge in [-0.15, -0.1) is 0 Å². The summed E-state index contributed by atoms with van der Waals surface area (Å²) in [6.07, 6.45) is -3.41. The zero-order valence-corrected chi connectivity index (χ0v) is 19.8. The molecule has 1 N–H and O–H groups in total. The molecule has 0 aliphatic heterocycles. The van der Waals surface area contributed by atoms with Gasteiger partial charge in [0.15, 0.2) is 11.5 Å². The lowest BCUT2D eigenvalue weighted by Crippen LogP contribution is -2.14. The van der Waals surface area contributed by atoms with Crippen LogP contribution in [0.15, 0.2) is 66.2 Å². The molecule has 3 aromatic rings. The molecule has 0 atom stereocenters. The summed E-state index contributed by atoms with van der Waals surface area (Å²) in [4.78, 5) is 23.0. The number of methoxy groups -OCH3 is 1. The number of nitrogens with zero attached hydrogens (tertiary/aromatic N) is 2. The third kappa shape index (κ3) is 6.99. The first kappa shape index (κ1) is 27.0. The van der Waals surface area contributed by atoms with Gasteiger partial charge in [0.2, 0.25) is 0 Å². The van der Waals surface area contributed by atoms with Crippen molar-refractivity contribution < 1.29 is 32.4 Å². The van der Waals surface area contributed by atoms with Crippen molar-refractivity contribution in [2.45, 2.75) is 12.8 Å². The number of hydrogen-bond acceptors (Lipinski definition) is 6. The average molecular weight is 532 g/mol. The smallest absolute Gasteiger partial charge is 0.416 e. The fourth-order valence-electron chi connectivity index (χ4n) is 3.17. The lowest BCUT2D eigenvalue weighted by Gasteiger charge is -2.14. The van der Waals surface area contributed by atoms with E-state index in [4.69, 9.17) is 21.1 Å². The van der Waals surface area contributed by atoms with Crippen LogP contribution in [0.2, 0.25) is 5.02 Å². The normalized spacial score (nSPS) is 11.4. The molecule has 0 radical (unpaired) electrons. The third-order valence-electron chi connectivity index (χ3n) is 4.88. The maximum Gasteiger partial charge on any atom is 0.416 e. The van der Waals surface area contributed by atoms with E-state index in [1.165, 1.54) is 49.6 Å². The maximum atomic E-state index is 12.9. The first-order valence-corrected chi connectivity index (χ1v) is 10.7. The number of hydrogen-bond donors (Lipinski definition) is 1. The number of anilines is 1. The van der Waals surface area contributed by atoms with Crippen molar-refractivity contribution in [3.05, 3.63) is 98.1 Å². The molecule has 3 rings (SSSR count). The van der Waals surface area contributed by atoms with Crippen molar-refractivity contribution in [1.82, 2.24) is 0 Å². The predicted octanol–water partition coefficient (Wildman–Crippen LogP) is 6.40. The van der Waals surface area contributed by atoms with Crippen LogP contribution in [0.5, 0.6) is 11.5 Å². The summed E-state index contributed by atoms with van der Waals surface area (Å²) >= 11 is 6.32. The Morgan fingerprint density at radius 2 is 1.92 bits per heavy atom. The molecule has 8 nitrogen and oxygen atoms in total. The summed E-state index contributed by atoms with van der Waals surface area (Å²) in [5.41, 5.74) is -0.811. The highest BCUT2D eigenvalue weighted by Gasteiger charge is 2.30. The molecule has 0 aliphatic carbocycles. The molecule has 1 amide bonds. The highest BCUT2D eigenvalue weighted by molar-refractivity contribution is 6.32. The molecule has 0 fully saturated rings. The molecule has 0 aromatic heterocycles. The number of halogens is 4. The van der Waals surface area contributed by atoms with E-state index in [0.29, 0.717) is 5.56 Å². The third-order valence-corrected chi connectivity index (χ3v) is 5.16. The number of nitrogens with one attached hydrogen (secondary N) is 1. The minimum absolute atomic E-state index is 0.0597. The second-order valence-electron chi connectivity index (χ2n) is 7.45. The Kier molecular flexibility index (Phi) is 8.37. The summed E-state index contributed by atoms with van der Waals surface area (Å²) in [6, 6.07) is 14.4.